The van der Waals surface area contributed by atoms with E-state index in [0.717, 1.165) is 18.8 Å². The molecule has 0 aliphatic carbocycles. The van der Waals surface area contributed by atoms with Gasteiger partial charge in [0, 0.05) is 6.61 Å². The fourth-order valence-corrected chi connectivity index (χ4v) is 5.17. The predicted molar refractivity (Wildman–Crippen MR) is 130 cm³/mol. The van der Waals surface area contributed by atoms with Gasteiger partial charge in [0.15, 0.2) is 0 Å². The smallest absolute Gasteiger partial charge is 0.392 e. The molecule has 1 aromatic carbocycles. The third-order valence-electron chi connectivity index (χ3n) is 5.65. The van der Waals surface area contributed by atoms with Crippen molar-refractivity contribution in [1.29, 1.82) is 0 Å². The molecule has 0 aromatic heterocycles. The predicted octanol–water partition coefficient (Wildman–Crippen LogP) is 8.88. The molecule has 2 nitrogen and oxygen atoms in total. The maximum atomic E-state index is 6.25. The molecule has 0 aliphatic rings. The molecule has 0 N–H and O–H groups in total. The van der Waals surface area contributed by atoms with Crippen molar-refractivity contribution in [3.05, 3.63) is 29.3 Å². The molecule has 3 heteroatoms. The van der Waals surface area contributed by atoms with E-state index in [9.17, 15) is 0 Å². The Morgan fingerprint density at radius 1 is 0.690 bits per heavy atom. The van der Waals surface area contributed by atoms with Crippen LogP contribution in [0.15, 0.2) is 18.2 Å². The molecule has 0 aliphatic heterocycles. The molecule has 0 bridgehead atoms. The highest BCUT2D eigenvalue weighted by molar-refractivity contribution is 6.65. The van der Waals surface area contributed by atoms with Gasteiger partial charge in [0.2, 0.25) is 0 Å². The van der Waals surface area contributed by atoms with Crippen molar-refractivity contribution in [2.45, 2.75) is 124 Å². The standard InChI is InChI=1S/C26H48O2Si/c1-6-7-8-9-10-11-12-13-14-15-16-17-18-19-22-27-29(4,5)28-26-23-24(2)20-21-25(26)3/h20-21,23H,6-19,22H2,1-5H3. The number of unbranched alkanes of at least 4 members (excludes halogenated alkanes) is 13. The van der Waals surface area contributed by atoms with Gasteiger partial charge in [-0.25, -0.2) is 0 Å². The van der Waals surface area contributed by atoms with Crippen molar-refractivity contribution >= 4 is 8.56 Å². The summed E-state index contributed by atoms with van der Waals surface area (Å²) in [6.45, 7) is 11.6. The summed E-state index contributed by atoms with van der Waals surface area (Å²) in [7, 11) is -2.10. The zero-order valence-corrected chi connectivity index (χ0v) is 21.2. The lowest BCUT2D eigenvalue weighted by Gasteiger charge is -2.25. The van der Waals surface area contributed by atoms with Crippen LogP contribution in [-0.4, -0.2) is 15.2 Å². The van der Waals surface area contributed by atoms with Crippen molar-refractivity contribution in [2.24, 2.45) is 0 Å². The maximum Gasteiger partial charge on any atom is 0.392 e. The van der Waals surface area contributed by atoms with E-state index in [1.807, 2.05) is 0 Å². The van der Waals surface area contributed by atoms with Crippen molar-refractivity contribution in [3.63, 3.8) is 0 Å². The number of rotatable bonds is 18. The van der Waals surface area contributed by atoms with Crippen molar-refractivity contribution < 1.29 is 8.85 Å². The summed E-state index contributed by atoms with van der Waals surface area (Å²) < 4.78 is 12.4. The average Bonchev–Trinajstić information content (AvgIpc) is 2.67. The molecule has 1 rings (SSSR count). The van der Waals surface area contributed by atoms with Gasteiger partial charge in [-0.05, 0) is 50.6 Å². The van der Waals surface area contributed by atoms with Gasteiger partial charge in [-0.15, -0.1) is 0 Å². The first kappa shape index (κ1) is 26.2. The van der Waals surface area contributed by atoms with Crippen LogP contribution in [0.5, 0.6) is 5.75 Å². The first-order valence-electron chi connectivity index (χ1n) is 12.3. The summed E-state index contributed by atoms with van der Waals surface area (Å²) in [5.41, 5.74) is 2.43. The minimum atomic E-state index is -2.10. The molecule has 0 heterocycles. The van der Waals surface area contributed by atoms with Crippen LogP contribution in [0.3, 0.4) is 0 Å². The second-order valence-corrected chi connectivity index (χ2v) is 12.5. The normalized spacial score (nSPS) is 11.8. The molecular formula is C26H48O2Si. The van der Waals surface area contributed by atoms with Gasteiger partial charge in [0.05, 0.1) is 0 Å². The Kier molecular flexibility index (Phi) is 14.4. The summed E-state index contributed by atoms with van der Waals surface area (Å²) in [6, 6.07) is 6.38. The van der Waals surface area contributed by atoms with Crippen LogP contribution in [-0.2, 0) is 4.43 Å². The first-order chi connectivity index (χ1) is 13.9. The summed E-state index contributed by atoms with van der Waals surface area (Å²) in [4.78, 5) is 0. The van der Waals surface area contributed by atoms with E-state index >= 15 is 0 Å². The van der Waals surface area contributed by atoms with Crippen LogP contribution in [0.25, 0.3) is 0 Å². The summed E-state index contributed by atoms with van der Waals surface area (Å²) in [6.07, 6.45) is 19.5. The molecular weight excluding hydrogens is 372 g/mol. The number of hydrogen-bond acceptors (Lipinski definition) is 2. The average molecular weight is 421 g/mol. The number of benzene rings is 1. The molecule has 0 saturated carbocycles. The van der Waals surface area contributed by atoms with Crippen LogP contribution in [0.4, 0.5) is 0 Å². The Bertz CT molecular complexity index is 527. The molecule has 0 unspecified atom stereocenters. The first-order valence-corrected chi connectivity index (χ1v) is 15.2. The minimum Gasteiger partial charge on any atom is -0.520 e. The lowest BCUT2D eigenvalue weighted by atomic mass is 10.0. The monoisotopic (exact) mass is 420 g/mol. The molecule has 0 saturated heterocycles. The molecule has 1 aromatic rings. The lowest BCUT2D eigenvalue weighted by molar-refractivity contribution is 0.240. The second kappa shape index (κ2) is 16.0. The summed E-state index contributed by atoms with van der Waals surface area (Å²) in [5, 5.41) is 0. The number of hydrogen-bond donors (Lipinski definition) is 0. The van der Waals surface area contributed by atoms with Crippen LogP contribution < -0.4 is 4.43 Å². The van der Waals surface area contributed by atoms with E-state index in [-0.39, 0.29) is 0 Å². The Labute approximate surface area is 183 Å². The third kappa shape index (κ3) is 13.9. The highest BCUT2D eigenvalue weighted by Gasteiger charge is 2.27. The second-order valence-electron chi connectivity index (χ2n) is 9.22. The van der Waals surface area contributed by atoms with Crippen LogP contribution in [0.1, 0.15) is 108 Å². The molecule has 168 valence electrons. The zero-order valence-electron chi connectivity index (χ0n) is 20.2. The van der Waals surface area contributed by atoms with Crippen LogP contribution in [0, 0.1) is 13.8 Å². The Morgan fingerprint density at radius 2 is 1.17 bits per heavy atom. The van der Waals surface area contributed by atoms with Gasteiger partial charge >= 0.3 is 8.56 Å². The third-order valence-corrected chi connectivity index (χ3v) is 7.26. The molecule has 0 amide bonds. The Morgan fingerprint density at radius 3 is 1.69 bits per heavy atom. The molecule has 0 radical (unpaired) electrons. The van der Waals surface area contributed by atoms with Gasteiger partial charge in [-0.1, -0.05) is 103 Å². The number of aryl methyl sites for hydroxylation is 2. The van der Waals surface area contributed by atoms with Gasteiger partial charge in [-0.3, -0.25) is 0 Å². The Hall–Kier alpha value is -0.803. The maximum absolute atomic E-state index is 6.25. The molecule has 29 heavy (non-hydrogen) atoms. The van der Waals surface area contributed by atoms with Crippen molar-refractivity contribution in [3.8, 4) is 5.75 Å². The largest absolute Gasteiger partial charge is 0.520 e. The minimum absolute atomic E-state index is 0.835. The topological polar surface area (TPSA) is 18.5 Å². The highest BCUT2D eigenvalue weighted by atomic mass is 28.4. The highest BCUT2D eigenvalue weighted by Crippen LogP contribution is 2.23. The molecule has 0 spiro atoms. The van der Waals surface area contributed by atoms with Gasteiger partial charge in [-0.2, -0.15) is 0 Å². The van der Waals surface area contributed by atoms with Crippen molar-refractivity contribution in [1.82, 2.24) is 0 Å². The van der Waals surface area contributed by atoms with Crippen LogP contribution in [0.2, 0.25) is 13.1 Å². The van der Waals surface area contributed by atoms with Gasteiger partial charge in [0.1, 0.15) is 5.75 Å². The summed E-state index contributed by atoms with van der Waals surface area (Å²) >= 11 is 0. The SMILES string of the molecule is CCCCCCCCCCCCCCCCO[Si](C)(C)Oc1cc(C)ccc1C. The quantitative estimate of drug-likeness (QED) is 0.174. The van der Waals surface area contributed by atoms with Crippen LogP contribution >= 0.6 is 0 Å². The van der Waals surface area contributed by atoms with Crippen molar-refractivity contribution in [2.75, 3.05) is 6.61 Å². The van der Waals surface area contributed by atoms with E-state index in [2.05, 4.69) is 52.1 Å². The van der Waals surface area contributed by atoms with Gasteiger partial charge < -0.3 is 8.85 Å². The van der Waals surface area contributed by atoms with Gasteiger partial charge in [0.25, 0.3) is 0 Å². The van der Waals surface area contributed by atoms with E-state index in [0.29, 0.717) is 0 Å². The van der Waals surface area contributed by atoms with E-state index in [1.165, 1.54) is 94.6 Å². The fourth-order valence-electron chi connectivity index (χ4n) is 3.73. The van der Waals surface area contributed by atoms with E-state index in [4.69, 9.17) is 8.85 Å². The molecule has 0 atom stereocenters. The summed E-state index contributed by atoms with van der Waals surface area (Å²) in [5.74, 6) is 0.989. The Balaban J connectivity index is 1.95. The fraction of sp³-hybridized carbons (Fsp3) is 0.769. The zero-order chi connectivity index (χ0) is 21.4. The van der Waals surface area contributed by atoms with E-state index in [1.54, 1.807) is 0 Å². The molecule has 0 fully saturated rings. The van der Waals surface area contributed by atoms with E-state index < -0.39 is 8.56 Å². The lowest BCUT2D eigenvalue weighted by Crippen LogP contribution is -2.38.